The van der Waals surface area contributed by atoms with Crippen LogP contribution in [0, 0.1) is 0 Å². The maximum atomic E-state index is 12.8. The van der Waals surface area contributed by atoms with Crippen LogP contribution in [-0.4, -0.2) is 49.9 Å². The first-order valence-electron chi connectivity index (χ1n) is 9.06. The van der Waals surface area contributed by atoms with Gasteiger partial charge < -0.3 is 10.6 Å². The van der Waals surface area contributed by atoms with Crippen LogP contribution in [0.4, 0.5) is 5.69 Å². The SMILES string of the molecule is CS(=O)(=O)N1CCCC(NC(=O)c2ccccc2NC(=O)c2ccccc2)C1. The van der Waals surface area contributed by atoms with Crippen LogP contribution in [0.3, 0.4) is 0 Å². The summed E-state index contributed by atoms with van der Waals surface area (Å²) in [6, 6.07) is 15.2. The Morgan fingerprint density at radius 3 is 2.39 bits per heavy atom. The Morgan fingerprint density at radius 1 is 1.00 bits per heavy atom. The van der Waals surface area contributed by atoms with E-state index in [4.69, 9.17) is 0 Å². The molecule has 2 N–H and O–H groups in total. The van der Waals surface area contributed by atoms with E-state index < -0.39 is 10.0 Å². The number of rotatable bonds is 5. The van der Waals surface area contributed by atoms with Gasteiger partial charge in [-0.25, -0.2) is 12.7 Å². The van der Waals surface area contributed by atoms with Gasteiger partial charge in [0.25, 0.3) is 11.8 Å². The van der Waals surface area contributed by atoms with Crippen LogP contribution in [0.1, 0.15) is 33.6 Å². The molecule has 148 valence electrons. The molecule has 1 heterocycles. The van der Waals surface area contributed by atoms with Crippen LogP contribution in [0.15, 0.2) is 54.6 Å². The molecule has 0 spiro atoms. The first kappa shape index (κ1) is 20.0. The van der Waals surface area contributed by atoms with Crippen molar-refractivity contribution in [1.29, 1.82) is 0 Å². The molecule has 1 aliphatic rings. The summed E-state index contributed by atoms with van der Waals surface area (Å²) in [5.41, 5.74) is 1.24. The van der Waals surface area contributed by atoms with Gasteiger partial charge in [-0.05, 0) is 37.1 Å². The molecule has 8 heteroatoms. The van der Waals surface area contributed by atoms with Crippen molar-refractivity contribution >= 4 is 27.5 Å². The maximum absolute atomic E-state index is 12.8. The fraction of sp³-hybridized carbons (Fsp3) is 0.300. The van der Waals surface area contributed by atoms with Gasteiger partial charge in [-0.2, -0.15) is 0 Å². The van der Waals surface area contributed by atoms with Crippen LogP contribution in [0.5, 0.6) is 0 Å². The standard InChI is InChI=1S/C20H23N3O4S/c1-28(26,27)23-13-7-10-16(14-23)21-20(25)17-11-5-6-12-18(17)22-19(24)15-8-3-2-4-9-15/h2-6,8-9,11-12,16H,7,10,13-14H2,1H3,(H,21,25)(H,22,24). The summed E-state index contributed by atoms with van der Waals surface area (Å²) in [5.74, 6) is -0.647. The van der Waals surface area contributed by atoms with E-state index in [0.29, 0.717) is 36.2 Å². The van der Waals surface area contributed by atoms with E-state index in [2.05, 4.69) is 10.6 Å². The Kier molecular flexibility index (Phi) is 6.11. The number of hydrogen-bond donors (Lipinski definition) is 2. The molecule has 0 bridgehead atoms. The lowest BCUT2D eigenvalue weighted by molar-refractivity contribution is 0.0922. The lowest BCUT2D eigenvalue weighted by atomic mass is 10.1. The van der Waals surface area contributed by atoms with E-state index in [0.717, 1.165) is 0 Å². The third-order valence-electron chi connectivity index (χ3n) is 4.64. The van der Waals surface area contributed by atoms with E-state index in [9.17, 15) is 18.0 Å². The quantitative estimate of drug-likeness (QED) is 0.802. The Labute approximate surface area is 164 Å². The van der Waals surface area contributed by atoms with Gasteiger partial charge in [0.15, 0.2) is 0 Å². The minimum atomic E-state index is -3.29. The molecule has 1 saturated heterocycles. The molecule has 2 aromatic carbocycles. The molecular formula is C20H23N3O4S. The Bertz CT molecular complexity index is 960. The van der Waals surface area contributed by atoms with Gasteiger partial charge in [-0.15, -0.1) is 0 Å². The van der Waals surface area contributed by atoms with Crippen molar-refractivity contribution in [3.63, 3.8) is 0 Å². The summed E-state index contributed by atoms with van der Waals surface area (Å²) in [6.07, 6.45) is 2.56. The van der Waals surface area contributed by atoms with Crippen LogP contribution < -0.4 is 10.6 Å². The van der Waals surface area contributed by atoms with Crippen molar-refractivity contribution in [2.75, 3.05) is 24.7 Å². The highest BCUT2D eigenvalue weighted by Gasteiger charge is 2.27. The summed E-state index contributed by atoms with van der Waals surface area (Å²) in [4.78, 5) is 25.2. The van der Waals surface area contributed by atoms with Crippen LogP contribution >= 0.6 is 0 Å². The number of nitrogens with one attached hydrogen (secondary N) is 2. The van der Waals surface area contributed by atoms with E-state index in [-0.39, 0.29) is 24.4 Å². The number of sulfonamides is 1. The maximum Gasteiger partial charge on any atom is 0.255 e. The van der Waals surface area contributed by atoms with Crippen molar-refractivity contribution < 1.29 is 18.0 Å². The molecule has 2 aromatic rings. The zero-order chi connectivity index (χ0) is 20.1. The summed E-state index contributed by atoms with van der Waals surface area (Å²) >= 11 is 0. The summed E-state index contributed by atoms with van der Waals surface area (Å²) in [6.45, 7) is 0.720. The molecule has 1 unspecified atom stereocenters. The number of amides is 2. The first-order valence-corrected chi connectivity index (χ1v) is 10.9. The largest absolute Gasteiger partial charge is 0.348 e. The number of anilines is 1. The Hall–Kier alpha value is -2.71. The number of nitrogens with zero attached hydrogens (tertiary/aromatic N) is 1. The molecule has 1 atom stereocenters. The van der Waals surface area contributed by atoms with Crippen molar-refractivity contribution in [1.82, 2.24) is 9.62 Å². The predicted molar refractivity (Wildman–Crippen MR) is 108 cm³/mol. The molecule has 2 amide bonds. The van der Waals surface area contributed by atoms with Gasteiger partial charge in [-0.3, -0.25) is 9.59 Å². The molecule has 3 rings (SSSR count). The lowest BCUT2D eigenvalue weighted by Gasteiger charge is -2.31. The van der Waals surface area contributed by atoms with E-state index >= 15 is 0 Å². The smallest absolute Gasteiger partial charge is 0.255 e. The molecule has 28 heavy (non-hydrogen) atoms. The third-order valence-corrected chi connectivity index (χ3v) is 5.91. The minimum Gasteiger partial charge on any atom is -0.348 e. The second-order valence-corrected chi connectivity index (χ2v) is 8.78. The van der Waals surface area contributed by atoms with Gasteiger partial charge in [0.2, 0.25) is 10.0 Å². The molecule has 1 fully saturated rings. The van der Waals surface area contributed by atoms with Gasteiger partial charge in [-0.1, -0.05) is 30.3 Å². The average Bonchev–Trinajstić information content (AvgIpc) is 2.68. The molecule has 0 radical (unpaired) electrons. The third kappa shape index (κ3) is 4.96. The van der Waals surface area contributed by atoms with Gasteiger partial charge in [0, 0.05) is 24.7 Å². The normalized spacial score (nSPS) is 17.7. The predicted octanol–water partition coefficient (Wildman–Crippen LogP) is 2.09. The molecular weight excluding hydrogens is 378 g/mol. The van der Waals surface area contributed by atoms with Gasteiger partial charge in [0.1, 0.15) is 0 Å². The number of benzene rings is 2. The van der Waals surface area contributed by atoms with E-state index in [1.807, 2.05) is 6.07 Å². The van der Waals surface area contributed by atoms with E-state index in [1.165, 1.54) is 10.6 Å². The average molecular weight is 401 g/mol. The van der Waals surface area contributed by atoms with E-state index in [1.54, 1.807) is 48.5 Å². The lowest BCUT2D eigenvalue weighted by Crippen LogP contribution is -2.49. The Morgan fingerprint density at radius 2 is 1.68 bits per heavy atom. The van der Waals surface area contributed by atoms with Crippen molar-refractivity contribution in [3.8, 4) is 0 Å². The molecule has 0 aliphatic carbocycles. The number of para-hydroxylation sites is 1. The fourth-order valence-electron chi connectivity index (χ4n) is 3.20. The second kappa shape index (κ2) is 8.53. The summed E-state index contributed by atoms with van der Waals surface area (Å²) in [7, 11) is -3.29. The summed E-state index contributed by atoms with van der Waals surface area (Å²) in [5, 5.41) is 5.67. The second-order valence-electron chi connectivity index (χ2n) is 6.80. The highest BCUT2D eigenvalue weighted by Crippen LogP contribution is 2.18. The van der Waals surface area contributed by atoms with Crippen LogP contribution in [-0.2, 0) is 10.0 Å². The zero-order valence-electron chi connectivity index (χ0n) is 15.6. The van der Waals surface area contributed by atoms with Gasteiger partial charge >= 0.3 is 0 Å². The summed E-state index contributed by atoms with van der Waals surface area (Å²) < 4.78 is 24.9. The molecule has 1 aliphatic heterocycles. The fourth-order valence-corrected chi connectivity index (χ4v) is 4.11. The van der Waals surface area contributed by atoms with Gasteiger partial charge in [0.05, 0.1) is 17.5 Å². The highest BCUT2D eigenvalue weighted by molar-refractivity contribution is 7.88. The number of hydrogen-bond acceptors (Lipinski definition) is 4. The van der Waals surface area contributed by atoms with Crippen LogP contribution in [0.25, 0.3) is 0 Å². The number of carbonyl (C=O) groups excluding carboxylic acids is 2. The molecule has 0 saturated carbocycles. The monoisotopic (exact) mass is 401 g/mol. The topological polar surface area (TPSA) is 95.6 Å². The minimum absolute atomic E-state index is 0.253. The molecule has 7 nitrogen and oxygen atoms in total. The highest BCUT2D eigenvalue weighted by atomic mass is 32.2. The zero-order valence-corrected chi connectivity index (χ0v) is 16.4. The van der Waals surface area contributed by atoms with Crippen molar-refractivity contribution in [2.45, 2.75) is 18.9 Å². The molecule has 0 aromatic heterocycles. The number of piperidine rings is 1. The van der Waals surface area contributed by atoms with Crippen molar-refractivity contribution in [3.05, 3.63) is 65.7 Å². The Balaban J connectivity index is 1.71. The number of carbonyl (C=O) groups is 2. The van der Waals surface area contributed by atoms with Crippen LogP contribution in [0.2, 0.25) is 0 Å². The van der Waals surface area contributed by atoms with Crippen molar-refractivity contribution in [2.24, 2.45) is 0 Å². The first-order chi connectivity index (χ1) is 13.3.